The van der Waals surface area contributed by atoms with Crippen LogP contribution in [0.5, 0.6) is 0 Å². The molecule has 3 amide bonds. The number of hydrogen-bond donors (Lipinski definition) is 5. The van der Waals surface area contributed by atoms with Gasteiger partial charge < -0.3 is 31.4 Å². The van der Waals surface area contributed by atoms with Gasteiger partial charge in [-0.2, -0.15) is 0 Å². The van der Waals surface area contributed by atoms with E-state index in [0.717, 1.165) is 0 Å². The van der Waals surface area contributed by atoms with Gasteiger partial charge >= 0.3 is 5.97 Å². The molecule has 1 aliphatic rings. The van der Waals surface area contributed by atoms with Crippen LogP contribution < -0.4 is 16.4 Å². The van der Waals surface area contributed by atoms with Crippen LogP contribution in [0.3, 0.4) is 0 Å². The minimum atomic E-state index is -1.05. The van der Waals surface area contributed by atoms with Crippen LogP contribution in [0, 0.1) is 5.92 Å². The van der Waals surface area contributed by atoms with Crippen molar-refractivity contribution >= 4 is 23.7 Å². The zero-order valence-corrected chi connectivity index (χ0v) is 17.3. The number of amides is 3. The number of hydrogen-bond acceptors (Lipinski definition) is 6. The number of nitrogens with two attached hydrogens (primary N) is 1. The number of nitrogens with one attached hydrogen (secondary N) is 3. The quantitative estimate of drug-likeness (QED) is 0.322. The van der Waals surface area contributed by atoms with E-state index in [1.54, 1.807) is 6.20 Å². The molecular formula is C19H30N6O5. The Morgan fingerprint density at radius 1 is 1.37 bits per heavy atom. The summed E-state index contributed by atoms with van der Waals surface area (Å²) in [7, 11) is 0. The van der Waals surface area contributed by atoms with Crippen LogP contribution in [0.25, 0.3) is 0 Å². The molecular weight excluding hydrogens is 392 g/mol. The molecule has 0 saturated carbocycles. The molecule has 11 nitrogen and oxygen atoms in total. The van der Waals surface area contributed by atoms with E-state index in [9.17, 15) is 24.3 Å². The number of aliphatic carboxylic acids is 1. The molecule has 0 aliphatic carbocycles. The highest BCUT2D eigenvalue weighted by atomic mass is 16.4. The van der Waals surface area contributed by atoms with Gasteiger partial charge in [-0.05, 0) is 18.8 Å². The first kappa shape index (κ1) is 23.3. The van der Waals surface area contributed by atoms with E-state index in [1.165, 1.54) is 11.2 Å². The number of nitrogens with zero attached hydrogens (tertiary/aromatic N) is 2. The fourth-order valence-electron chi connectivity index (χ4n) is 3.38. The smallest absolute Gasteiger partial charge is 0.326 e. The lowest BCUT2D eigenvalue weighted by Crippen LogP contribution is -2.56. The van der Waals surface area contributed by atoms with Gasteiger partial charge in [0.2, 0.25) is 17.7 Å². The third-order valence-corrected chi connectivity index (χ3v) is 5.40. The highest BCUT2D eigenvalue weighted by Gasteiger charge is 2.34. The number of likely N-dealkylation sites (tertiary alicyclic amines) is 1. The largest absolute Gasteiger partial charge is 0.480 e. The average molecular weight is 422 g/mol. The summed E-state index contributed by atoms with van der Waals surface area (Å²) in [5.41, 5.74) is 6.64. The summed E-state index contributed by atoms with van der Waals surface area (Å²) in [5, 5.41) is 14.4. The molecule has 0 bridgehead atoms. The van der Waals surface area contributed by atoms with Gasteiger partial charge in [-0.1, -0.05) is 20.3 Å². The van der Waals surface area contributed by atoms with Crippen LogP contribution in [-0.2, 0) is 25.6 Å². The van der Waals surface area contributed by atoms with Crippen LogP contribution in [-0.4, -0.2) is 74.9 Å². The lowest BCUT2D eigenvalue weighted by atomic mass is 9.97. The Kier molecular flexibility index (Phi) is 8.34. The van der Waals surface area contributed by atoms with Crippen LogP contribution in [0.4, 0.5) is 0 Å². The Hall–Kier alpha value is -2.95. The predicted molar refractivity (Wildman–Crippen MR) is 107 cm³/mol. The minimum Gasteiger partial charge on any atom is -0.480 e. The van der Waals surface area contributed by atoms with E-state index in [4.69, 9.17) is 5.73 Å². The van der Waals surface area contributed by atoms with E-state index in [-0.39, 0.29) is 18.9 Å². The number of aromatic amines is 1. The first-order valence-corrected chi connectivity index (χ1v) is 10.1. The van der Waals surface area contributed by atoms with Crippen molar-refractivity contribution in [1.29, 1.82) is 0 Å². The molecule has 1 aromatic rings. The molecule has 0 spiro atoms. The van der Waals surface area contributed by atoms with E-state index in [2.05, 4.69) is 20.6 Å². The number of carboxylic acids is 1. The second kappa shape index (κ2) is 10.7. The van der Waals surface area contributed by atoms with Gasteiger partial charge in [-0.3, -0.25) is 14.4 Å². The summed E-state index contributed by atoms with van der Waals surface area (Å²) >= 11 is 0. The van der Waals surface area contributed by atoms with E-state index in [0.29, 0.717) is 31.5 Å². The van der Waals surface area contributed by atoms with Crippen molar-refractivity contribution in [2.75, 3.05) is 13.1 Å². The molecule has 166 valence electrons. The molecule has 11 heteroatoms. The molecule has 6 N–H and O–H groups in total. The fraction of sp³-hybridized carbons (Fsp3) is 0.632. The Balaban J connectivity index is 1.93. The Bertz CT molecular complexity index is 753. The lowest BCUT2D eigenvalue weighted by molar-refractivity contribution is -0.148. The van der Waals surface area contributed by atoms with Crippen molar-refractivity contribution in [3.8, 4) is 0 Å². The molecule has 1 aromatic heterocycles. The molecule has 2 heterocycles. The van der Waals surface area contributed by atoms with Gasteiger partial charge in [0.05, 0.1) is 18.9 Å². The summed E-state index contributed by atoms with van der Waals surface area (Å²) in [6.07, 6.45) is 4.92. The molecule has 4 unspecified atom stereocenters. The van der Waals surface area contributed by atoms with Gasteiger partial charge in [-0.15, -0.1) is 0 Å². The third kappa shape index (κ3) is 6.02. The molecule has 2 rings (SSSR count). The molecule has 0 aromatic carbocycles. The second-order valence-electron chi connectivity index (χ2n) is 7.56. The van der Waals surface area contributed by atoms with Crippen molar-refractivity contribution in [1.82, 2.24) is 25.5 Å². The van der Waals surface area contributed by atoms with Crippen LogP contribution >= 0.6 is 0 Å². The Morgan fingerprint density at radius 2 is 2.10 bits per heavy atom. The van der Waals surface area contributed by atoms with Crippen LogP contribution in [0.2, 0.25) is 0 Å². The average Bonchev–Trinajstić information content (AvgIpc) is 3.41. The van der Waals surface area contributed by atoms with E-state index < -0.39 is 41.8 Å². The summed E-state index contributed by atoms with van der Waals surface area (Å²) < 4.78 is 0. The standard InChI is InChI=1S/C19H30N6O5/c1-3-11(2)16(24-17(27)13(20)7-12-8-21-10-23-12)18(28)22-9-15(26)25-6-4-5-14(25)19(29)30/h8,10-11,13-14,16H,3-7,9,20H2,1-2H3,(H,21,23)(H,22,28)(H,24,27)(H,29,30). The Labute approximate surface area is 174 Å². The number of carbonyl (C=O) groups is 4. The maximum absolute atomic E-state index is 12.7. The number of aromatic nitrogens is 2. The first-order valence-electron chi connectivity index (χ1n) is 10.1. The monoisotopic (exact) mass is 422 g/mol. The van der Waals surface area contributed by atoms with Gasteiger partial charge in [-0.25, -0.2) is 9.78 Å². The highest BCUT2D eigenvalue weighted by molar-refractivity contribution is 5.93. The molecule has 30 heavy (non-hydrogen) atoms. The van der Waals surface area contributed by atoms with Gasteiger partial charge in [0.1, 0.15) is 12.1 Å². The Morgan fingerprint density at radius 3 is 2.70 bits per heavy atom. The molecule has 0 radical (unpaired) electrons. The first-order chi connectivity index (χ1) is 14.2. The summed E-state index contributed by atoms with van der Waals surface area (Å²) in [4.78, 5) is 56.8. The van der Waals surface area contributed by atoms with Gasteiger partial charge in [0.25, 0.3) is 0 Å². The topological polar surface area (TPSA) is 171 Å². The maximum atomic E-state index is 12.7. The molecule has 1 aliphatic heterocycles. The number of imidazole rings is 1. The minimum absolute atomic E-state index is 0.193. The fourth-order valence-corrected chi connectivity index (χ4v) is 3.38. The van der Waals surface area contributed by atoms with Crippen molar-refractivity contribution in [2.45, 2.75) is 57.7 Å². The molecule has 4 atom stereocenters. The number of rotatable bonds is 10. The van der Waals surface area contributed by atoms with Gasteiger partial charge in [0, 0.05) is 24.9 Å². The van der Waals surface area contributed by atoms with E-state index >= 15 is 0 Å². The maximum Gasteiger partial charge on any atom is 0.326 e. The second-order valence-corrected chi connectivity index (χ2v) is 7.56. The zero-order chi connectivity index (χ0) is 22.3. The zero-order valence-electron chi connectivity index (χ0n) is 17.3. The summed E-state index contributed by atoms with van der Waals surface area (Å²) in [5.74, 6) is -2.70. The van der Waals surface area contributed by atoms with Crippen LogP contribution in [0.15, 0.2) is 12.5 Å². The number of H-pyrrole nitrogens is 1. The molecule has 1 saturated heterocycles. The predicted octanol–water partition coefficient (Wildman–Crippen LogP) is -0.998. The summed E-state index contributed by atoms with van der Waals surface area (Å²) in [6.45, 7) is 3.72. The third-order valence-electron chi connectivity index (χ3n) is 5.40. The number of carboxylic acid groups (broad SMARTS) is 1. The van der Waals surface area contributed by atoms with Crippen molar-refractivity contribution < 1.29 is 24.3 Å². The SMILES string of the molecule is CCC(C)C(NC(=O)C(N)Cc1cnc[nH]1)C(=O)NCC(=O)N1CCCC1C(=O)O. The van der Waals surface area contributed by atoms with Crippen LogP contribution in [0.1, 0.15) is 38.8 Å². The van der Waals surface area contributed by atoms with E-state index in [1.807, 2.05) is 13.8 Å². The van der Waals surface area contributed by atoms with Crippen molar-refractivity contribution in [3.05, 3.63) is 18.2 Å². The van der Waals surface area contributed by atoms with Crippen molar-refractivity contribution in [3.63, 3.8) is 0 Å². The highest BCUT2D eigenvalue weighted by Crippen LogP contribution is 2.17. The normalized spacial score (nSPS) is 19.0. The lowest BCUT2D eigenvalue weighted by Gasteiger charge is -2.26. The van der Waals surface area contributed by atoms with Crippen molar-refractivity contribution in [2.24, 2.45) is 11.7 Å². The summed E-state index contributed by atoms with van der Waals surface area (Å²) in [6, 6.07) is -2.59. The molecule has 1 fully saturated rings. The number of carbonyl (C=O) groups excluding carboxylic acids is 3. The van der Waals surface area contributed by atoms with Gasteiger partial charge in [0.15, 0.2) is 0 Å².